The van der Waals surface area contributed by atoms with E-state index >= 15 is 18.4 Å². The van der Waals surface area contributed by atoms with Gasteiger partial charge in [-0.1, -0.05) is 50.8 Å². The first-order valence-corrected chi connectivity index (χ1v) is 27.7. The first-order chi connectivity index (χ1) is 36.8. The number of cyclic esters (lactones) is 1. The monoisotopic (exact) mass is 1060 g/mol. The molecule has 2 aromatic carbocycles. The Bertz CT molecular complexity index is 2950. The first-order valence-electron chi connectivity index (χ1n) is 27.7. The minimum atomic E-state index is -2.86. The molecule has 77 heavy (non-hydrogen) atoms. The predicted octanol–water partition coefficient (Wildman–Crippen LogP) is 8.04. The maximum absolute atomic E-state index is 15.2. The Morgan fingerprint density at radius 2 is 1.75 bits per heavy atom. The molecule has 6 bridgehead atoms. The lowest BCUT2D eigenvalue weighted by Gasteiger charge is -2.41. The van der Waals surface area contributed by atoms with Gasteiger partial charge in [-0.15, -0.1) is 0 Å². The van der Waals surface area contributed by atoms with E-state index < -0.39 is 59.2 Å². The molecular weight excluding hydrogens is 983 g/mol. The molecule has 4 aromatic rings. The van der Waals surface area contributed by atoms with Crippen LogP contribution in [0.1, 0.15) is 128 Å². The highest BCUT2D eigenvalue weighted by Gasteiger charge is 2.43. The molecule has 15 nitrogen and oxygen atoms in total. The van der Waals surface area contributed by atoms with E-state index in [9.17, 15) is 14.4 Å². The van der Waals surface area contributed by atoms with Crippen LogP contribution in [0.4, 0.5) is 8.78 Å². The second-order valence-corrected chi connectivity index (χ2v) is 23.2. The van der Waals surface area contributed by atoms with Crippen molar-refractivity contribution in [3.8, 4) is 34.2 Å². The SMILES string of the molecule is CCn1c(-c2cccnc2[C@H](C)OC)c2c3cc(ccc31)-c1cc(cc(C(F)F)c1)C[C@H](NC(=O)[C@H](C1CCCC1)N(C)C(=O)[C@H]1CCN(C(=O)C#CC(C)(C)N3CCC3)C1)C(=O)N1CCC[C@H](N1)C(=O)OCC(C)(C)C2. The first kappa shape index (κ1) is 55.5. The molecule has 2 aromatic heterocycles. The van der Waals surface area contributed by atoms with Crippen molar-refractivity contribution in [2.75, 3.05) is 53.5 Å². The van der Waals surface area contributed by atoms with Crippen LogP contribution < -0.4 is 10.7 Å². The van der Waals surface area contributed by atoms with Crippen molar-refractivity contribution in [3.05, 3.63) is 77.1 Å². The van der Waals surface area contributed by atoms with Gasteiger partial charge in [0.15, 0.2) is 0 Å². The molecule has 5 atom stereocenters. The number of alkyl halides is 2. The quantitative estimate of drug-likeness (QED) is 0.111. The maximum atomic E-state index is 15.2. The summed E-state index contributed by atoms with van der Waals surface area (Å²) in [6.45, 7) is 15.4. The number of rotatable bonds is 11. The second-order valence-electron chi connectivity index (χ2n) is 23.2. The Kier molecular flexibility index (Phi) is 16.6. The minimum absolute atomic E-state index is 0.0536. The highest BCUT2D eigenvalue weighted by atomic mass is 19.3. The van der Waals surface area contributed by atoms with E-state index in [4.69, 9.17) is 14.5 Å². The summed E-state index contributed by atoms with van der Waals surface area (Å²) >= 11 is 0. The number of carbonyl (C=O) groups is 5. The lowest BCUT2D eigenvalue weighted by atomic mass is 9.84. The molecule has 4 amide bonds. The van der Waals surface area contributed by atoms with Gasteiger partial charge in [-0.2, -0.15) is 0 Å². The maximum Gasteiger partial charge on any atom is 0.324 e. The number of likely N-dealkylation sites (tertiary alicyclic amines) is 2. The number of nitrogens with one attached hydrogen (secondary N) is 2. The van der Waals surface area contributed by atoms with Crippen molar-refractivity contribution < 1.29 is 42.2 Å². The Labute approximate surface area is 451 Å². The largest absolute Gasteiger partial charge is 0.464 e. The summed E-state index contributed by atoms with van der Waals surface area (Å²) in [4.78, 5) is 82.2. The number of benzene rings is 2. The fourth-order valence-electron chi connectivity index (χ4n) is 12.3. The van der Waals surface area contributed by atoms with E-state index in [0.717, 1.165) is 65.8 Å². The normalized spacial score (nSPS) is 22.2. The van der Waals surface area contributed by atoms with Crippen LogP contribution >= 0.6 is 0 Å². The van der Waals surface area contributed by atoms with Gasteiger partial charge in [0.05, 0.1) is 35.6 Å². The molecule has 4 aliphatic heterocycles. The molecule has 2 N–H and O–H groups in total. The number of fused-ring (bicyclic) bond motifs is 6. The highest BCUT2D eigenvalue weighted by Crippen LogP contribution is 2.43. The van der Waals surface area contributed by atoms with Gasteiger partial charge in [0, 0.05) is 93.5 Å². The zero-order chi connectivity index (χ0) is 54.9. The van der Waals surface area contributed by atoms with Crippen molar-refractivity contribution in [1.82, 2.24) is 40.0 Å². The van der Waals surface area contributed by atoms with Gasteiger partial charge in [0.1, 0.15) is 18.1 Å². The Hall–Kier alpha value is -6.22. The van der Waals surface area contributed by atoms with Crippen LogP contribution in [0.15, 0.2) is 54.7 Å². The van der Waals surface area contributed by atoms with Crippen LogP contribution in [0.3, 0.4) is 0 Å². The van der Waals surface area contributed by atoms with Crippen LogP contribution in [-0.4, -0.2) is 136 Å². The number of nitrogens with zero attached hydrogens (tertiary/aromatic N) is 6. The van der Waals surface area contributed by atoms with Crippen molar-refractivity contribution >= 4 is 40.5 Å². The van der Waals surface area contributed by atoms with Crippen LogP contribution in [0.5, 0.6) is 0 Å². The number of amides is 4. The van der Waals surface area contributed by atoms with Crippen LogP contribution in [0, 0.1) is 29.1 Å². The predicted molar refractivity (Wildman–Crippen MR) is 290 cm³/mol. The van der Waals surface area contributed by atoms with E-state index in [1.807, 2.05) is 65.0 Å². The molecule has 412 valence electrons. The third-order valence-electron chi connectivity index (χ3n) is 16.8. The number of ether oxygens (including phenoxy) is 2. The summed E-state index contributed by atoms with van der Waals surface area (Å²) in [5, 5.41) is 5.29. The number of halogens is 2. The summed E-state index contributed by atoms with van der Waals surface area (Å²) in [6, 6.07) is 11.4. The van der Waals surface area contributed by atoms with E-state index in [-0.39, 0.29) is 55.5 Å². The third-order valence-corrected chi connectivity index (χ3v) is 16.8. The number of aryl methyl sites for hydroxylation is 1. The van der Waals surface area contributed by atoms with Gasteiger partial charge in [-0.05, 0) is 137 Å². The van der Waals surface area contributed by atoms with E-state index in [1.54, 1.807) is 31.3 Å². The Balaban J connectivity index is 1.08. The lowest BCUT2D eigenvalue weighted by molar-refractivity contribution is -0.155. The van der Waals surface area contributed by atoms with Crippen molar-refractivity contribution in [1.29, 1.82) is 0 Å². The summed E-state index contributed by atoms with van der Waals surface area (Å²) in [7, 11) is 3.27. The van der Waals surface area contributed by atoms with Crippen molar-refractivity contribution in [2.45, 2.75) is 148 Å². The fourth-order valence-corrected chi connectivity index (χ4v) is 12.3. The van der Waals surface area contributed by atoms with Crippen molar-refractivity contribution in [2.24, 2.45) is 17.3 Å². The molecule has 0 unspecified atom stereocenters. The molecule has 6 heterocycles. The van der Waals surface area contributed by atoms with E-state index in [1.165, 1.54) is 22.0 Å². The average molecular weight is 1060 g/mol. The van der Waals surface area contributed by atoms with Gasteiger partial charge < -0.3 is 29.2 Å². The van der Waals surface area contributed by atoms with Crippen LogP contribution in [-0.2, 0) is 52.8 Å². The lowest BCUT2D eigenvalue weighted by Crippen LogP contribution is -2.62. The van der Waals surface area contributed by atoms with Gasteiger partial charge in [-0.3, -0.25) is 38.9 Å². The Morgan fingerprint density at radius 1 is 0.987 bits per heavy atom. The van der Waals surface area contributed by atoms with Gasteiger partial charge in [0.2, 0.25) is 11.8 Å². The Morgan fingerprint density at radius 3 is 2.45 bits per heavy atom. The number of aromatic nitrogens is 2. The molecule has 0 spiro atoms. The molecule has 9 rings (SSSR count). The molecular formula is C60H76F2N8O7. The number of hydrogen-bond acceptors (Lipinski definition) is 10. The standard InChI is InChI=1S/C60H76F2N8O7/c1-9-69-49-20-19-40-33-45(49)46(53(69)44-17-12-24-63-51(44)37(2)76-8)34-59(3,4)36-77-58(75)47-18-13-27-70(65-47)57(74)48(31-38-29-42(40)32-43(30-38)54(61)62)64-55(72)52(39-15-10-11-16-39)66(7)56(73)41-22-28-67(35-41)50(71)21-23-60(5,6)68-25-14-26-68/h12,17,19-20,24,29-30,32-33,37,39,41,47-48,52,54,65H,9-11,13-16,18,22,25-28,31,34-36H2,1-8H3,(H,64,72)/t37-,41-,47-,48-,52-/m0/s1. The molecule has 3 saturated heterocycles. The summed E-state index contributed by atoms with van der Waals surface area (Å²) in [5.41, 5.74) is 7.90. The topological polar surface area (TPSA) is 159 Å². The zero-order valence-corrected chi connectivity index (χ0v) is 46.1. The zero-order valence-electron chi connectivity index (χ0n) is 46.1. The van der Waals surface area contributed by atoms with Crippen LogP contribution in [0.2, 0.25) is 0 Å². The number of hydrogen-bond donors (Lipinski definition) is 2. The molecule has 0 radical (unpaired) electrons. The number of esters is 1. The van der Waals surface area contributed by atoms with E-state index in [2.05, 4.69) is 39.0 Å². The molecule has 4 fully saturated rings. The molecule has 17 heteroatoms. The van der Waals surface area contributed by atoms with E-state index in [0.29, 0.717) is 68.3 Å². The fraction of sp³-hybridized carbons (Fsp3) is 0.567. The number of methoxy groups -OCH3 is 1. The average Bonchev–Trinajstić information content (AvgIpc) is 4.22. The summed E-state index contributed by atoms with van der Waals surface area (Å²) in [5.74, 6) is 2.97. The van der Waals surface area contributed by atoms with Crippen molar-refractivity contribution in [3.63, 3.8) is 0 Å². The second kappa shape index (κ2) is 23.0. The minimum Gasteiger partial charge on any atom is -0.464 e. The number of likely N-dealkylation sites (N-methyl/N-ethyl adjacent to an activating group) is 1. The van der Waals surface area contributed by atoms with Crippen LogP contribution in [0.25, 0.3) is 33.3 Å². The number of pyridine rings is 1. The smallest absolute Gasteiger partial charge is 0.324 e. The number of carbonyl (C=O) groups excluding carboxylic acids is 5. The summed E-state index contributed by atoms with van der Waals surface area (Å²) < 4.78 is 44.5. The number of hydrazine groups is 1. The summed E-state index contributed by atoms with van der Waals surface area (Å²) in [6.07, 6.45) is 4.31. The molecule has 1 saturated carbocycles. The van der Waals surface area contributed by atoms with Gasteiger partial charge >= 0.3 is 5.97 Å². The molecule has 5 aliphatic rings. The highest BCUT2D eigenvalue weighted by molar-refractivity contribution is 5.97. The molecule has 1 aliphatic carbocycles. The van der Waals surface area contributed by atoms with Gasteiger partial charge in [0.25, 0.3) is 18.2 Å². The van der Waals surface area contributed by atoms with Gasteiger partial charge in [-0.25, -0.2) is 14.2 Å². The third kappa shape index (κ3) is 11.8.